The second kappa shape index (κ2) is 9.03. The lowest BCUT2D eigenvalue weighted by atomic mass is 10.1. The number of fused-ring (bicyclic) bond motifs is 1. The Morgan fingerprint density at radius 1 is 0.962 bits per heavy atom. The van der Waals surface area contributed by atoms with E-state index >= 15 is 0 Å². The van der Waals surface area contributed by atoms with E-state index in [0.717, 1.165) is 54.9 Å². The number of benzene rings is 2. The van der Waals surface area contributed by atoms with Crippen LogP contribution in [0.5, 0.6) is 0 Å². The fraction of sp³-hybridized carbons (Fsp3) is 0.263. The molecule has 26 heavy (non-hydrogen) atoms. The van der Waals surface area contributed by atoms with E-state index < -0.39 is 0 Å². The van der Waals surface area contributed by atoms with Crippen molar-refractivity contribution < 1.29 is 4.79 Å². The van der Waals surface area contributed by atoms with E-state index in [1.807, 2.05) is 64.3 Å². The first-order valence-electron chi connectivity index (χ1n) is 8.35. The smallest absolute Gasteiger partial charge is 0.253 e. The van der Waals surface area contributed by atoms with Crippen LogP contribution >= 0.6 is 24.8 Å². The van der Waals surface area contributed by atoms with E-state index in [2.05, 4.69) is 10.3 Å². The first-order chi connectivity index (χ1) is 11.8. The van der Waals surface area contributed by atoms with Crippen LogP contribution in [0.3, 0.4) is 0 Å². The third-order valence-electron chi connectivity index (χ3n) is 4.47. The Bertz CT molecular complexity index is 855. The molecule has 0 aliphatic carbocycles. The molecule has 1 N–H and O–H groups in total. The van der Waals surface area contributed by atoms with Crippen molar-refractivity contribution in [3.63, 3.8) is 0 Å². The van der Waals surface area contributed by atoms with Gasteiger partial charge in [0.1, 0.15) is 6.33 Å². The van der Waals surface area contributed by atoms with Crippen molar-refractivity contribution >= 4 is 41.8 Å². The van der Waals surface area contributed by atoms with Crippen LogP contribution in [0, 0.1) is 0 Å². The Morgan fingerprint density at radius 3 is 2.54 bits per heavy atom. The van der Waals surface area contributed by atoms with Crippen molar-refractivity contribution in [2.24, 2.45) is 0 Å². The molecule has 0 radical (unpaired) electrons. The van der Waals surface area contributed by atoms with Gasteiger partial charge in [-0.15, -0.1) is 24.8 Å². The van der Waals surface area contributed by atoms with Crippen LogP contribution in [-0.4, -0.2) is 46.5 Å². The Labute approximate surface area is 165 Å². The number of amides is 1. The molecule has 0 atom stereocenters. The maximum absolute atomic E-state index is 12.6. The summed E-state index contributed by atoms with van der Waals surface area (Å²) in [7, 11) is 0. The minimum atomic E-state index is 0. The fourth-order valence-corrected chi connectivity index (χ4v) is 3.16. The predicted octanol–water partition coefficient (Wildman–Crippen LogP) is 3.30. The zero-order valence-electron chi connectivity index (χ0n) is 14.3. The lowest BCUT2D eigenvalue weighted by Crippen LogP contribution is -2.34. The maximum Gasteiger partial charge on any atom is 0.253 e. The molecule has 138 valence electrons. The summed E-state index contributed by atoms with van der Waals surface area (Å²) in [5.74, 6) is 0.112. The van der Waals surface area contributed by atoms with Gasteiger partial charge < -0.3 is 10.2 Å². The minimum absolute atomic E-state index is 0. The number of aromatic nitrogens is 2. The molecule has 0 unspecified atom stereocenters. The molecule has 2 aromatic carbocycles. The van der Waals surface area contributed by atoms with Gasteiger partial charge in [-0.2, -0.15) is 0 Å². The highest BCUT2D eigenvalue weighted by molar-refractivity contribution is 5.94. The van der Waals surface area contributed by atoms with Gasteiger partial charge in [0.15, 0.2) is 0 Å². The molecular formula is C19H22Cl2N4O. The van der Waals surface area contributed by atoms with Gasteiger partial charge in [0.2, 0.25) is 0 Å². The molecule has 7 heteroatoms. The van der Waals surface area contributed by atoms with Crippen molar-refractivity contribution in [1.29, 1.82) is 0 Å². The fourth-order valence-electron chi connectivity index (χ4n) is 3.16. The Morgan fingerprint density at radius 2 is 1.73 bits per heavy atom. The van der Waals surface area contributed by atoms with E-state index in [9.17, 15) is 4.79 Å². The predicted molar refractivity (Wildman–Crippen MR) is 109 cm³/mol. The summed E-state index contributed by atoms with van der Waals surface area (Å²) < 4.78 is 2.04. The van der Waals surface area contributed by atoms with Crippen LogP contribution in [0.4, 0.5) is 0 Å². The number of carbonyl (C=O) groups excluding carboxylic acids is 1. The molecule has 1 aliphatic heterocycles. The zero-order chi connectivity index (χ0) is 16.4. The SMILES string of the molecule is Cl.Cl.O=C(c1ccc(-n2cnc3ccccc32)cc1)N1CCCNCC1. The highest BCUT2D eigenvalue weighted by Gasteiger charge is 2.17. The molecule has 1 saturated heterocycles. The standard InChI is InChI=1S/C19H20N4O.2ClH/c24-19(22-12-3-10-20-11-13-22)15-6-8-16(9-7-15)23-14-21-17-4-1-2-5-18(17)23;;/h1-2,4-9,14,20H,3,10-13H2;2*1H. The summed E-state index contributed by atoms with van der Waals surface area (Å²) in [4.78, 5) is 19.0. The van der Waals surface area contributed by atoms with Gasteiger partial charge in [-0.05, 0) is 49.4 Å². The first-order valence-corrected chi connectivity index (χ1v) is 8.35. The highest BCUT2D eigenvalue weighted by atomic mass is 35.5. The van der Waals surface area contributed by atoms with Crippen molar-refractivity contribution in [3.8, 4) is 5.69 Å². The number of halogens is 2. The van der Waals surface area contributed by atoms with Gasteiger partial charge in [0.05, 0.1) is 11.0 Å². The van der Waals surface area contributed by atoms with Crippen LogP contribution in [0.15, 0.2) is 54.9 Å². The van der Waals surface area contributed by atoms with Gasteiger partial charge in [-0.25, -0.2) is 4.98 Å². The van der Waals surface area contributed by atoms with Crippen LogP contribution in [0.2, 0.25) is 0 Å². The lowest BCUT2D eigenvalue weighted by Gasteiger charge is -2.20. The van der Waals surface area contributed by atoms with Crippen molar-refractivity contribution in [3.05, 3.63) is 60.4 Å². The Kier molecular flexibility index (Phi) is 7.03. The van der Waals surface area contributed by atoms with E-state index in [1.54, 1.807) is 0 Å². The van der Waals surface area contributed by atoms with E-state index in [1.165, 1.54) is 0 Å². The molecule has 2 heterocycles. The molecule has 1 fully saturated rings. The van der Waals surface area contributed by atoms with Crippen LogP contribution in [0.1, 0.15) is 16.8 Å². The number of nitrogens with zero attached hydrogens (tertiary/aromatic N) is 3. The largest absolute Gasteiger partial charge is 0.337 e. The molecule has 0 bridgehead atoms. The molecular weight excluding hydrogens is 371 g/mol. The van der Waals surface area contributed by atoms with Crippen LogP contribution in [-0.2, 0) is 0 Å². The second-order valence-corrected chi connectivity index (χ2v) is 6.05. The van der Waals surface area contributed by atoms with Crippen molar-refractivity contribution in [2.75, 3.05) is 26.2 Å². The molecule has 4 rings (SSSR count). The molecule has 5 nitrogen and oxygen atoms in total. The van der Waals surface area contributed by atoms with Crippen LogP contribution in [0.25, 0.3) is 16.7 Å². The third-order valence-corrected chi connectivity index (χ3v) is 4.47. The number of hydrogen-bond acceptors (Lipinski definition) is 3. The second-order valence-electron chi connectivity index (χ2n) is 6.05. The summed E-state index contributed by atoms with van der Waals surface area (Å²) in [6.45, 7) is 3.44. The van der Waals surface area contributed by atoms with E-state index in [0.29, 0.717) is 0 Å². The summed E-state index contributed by atoms with van der Waals surface area (Å²) in [6.07, 6.45) is 2.83. The van der Waals surface area contributed by atoms with Crippen LogP contribution < -0.4 is 5.32 Å². The summed E-state index contributed by atoms with van der Waals surface area (Å²) in [6, 6.07) is 15.8. The molecule has 0 saturated carbocycles. The average Bonchev–Trinajstić information content (AvgIpc) is 2.87. The number of carbonyl (C=O) groups is 1. The summed E-state index contributed by atoms with van der Waals surface area (Å²) in [5, 5.41) is 3.32. The number of rotatable bonds is 2. The van der Waals surface area contributed by atoms with Gasteiger partial charge in [0.25, 0.3) is 5.91 Å². The van der Waals surface area contributed by atoms with Crippen molar-refractivity contribution in [1.82, 2.24) is 19.8 Å². The van der Waals surface area contributed by atoms with Crippen molar-refractivity contribution in [2.45, 2.75) is 6.42 Å². The number of nitrogens with one attached hydrogen (secondary N) is 1. The van der Waals surface area contributed by atoms with Gasteiger partial charge >= 0.3 is 0 Å². The highest BCUT2D eigenvalue weighted by Crippen LogP contribution is 2.18. The molecule has 1 aromatic heterocycles. The lowest BCUT2D eigenvalue weighted by molar-refractivity contribution is 0.0766. The van der Waals surface area contributed by atoms with E-state index in [4.69, 9.17) is 0 Å². The third kappa shape index (κ3) is 4.01. The molecule has 1 aliphatic rings. The van der Waals surface area contributed by atoms with Gasteiger partial charge in [-0.1, -0.05) is 12.1 Å². The normalized spacial score (nSPS) is 14.2. The Hall–Kier alpha value is -2.08. The maximum atomic E-state index is 12.6. The van der Waals surface area contributed by atoms with E-state index in [-0.39, 0.29) is 30.7 Å². The molecule has 0 spiro atoms. The molecule has 3 aromatic rings. The topological polar surface area (TPSA) is 50.2 Å². The number of para-hydroxylation sites is 2. The quantitative estimate of drug-likeness (QED) is 0.727. The first kappa shape index (κ1) is 20.2. The average molecular weight is 393 g/mol. The van der Waals surface area contributed by atoms with Gasteiger partial charge in [-0.3, -0.25) is 9.36 Å². The Balaban J connectivity index is 0.00000121. The molecule has 1 amide bonds. The van der Waals surface area contributed by atoms with Gasteiger partial charge in [0, 0.05) is 30.9 Å². The number of hydrogen-bond donors (Lipinski definition) is 1. The summed E-state index contributed by atoms with van der Waals surface area (Å²) in [5.41, 5.74) is 3.78. The minimum Gasteiger partial charge on any atom is -0.337 e. The summed E-state index contributed by atoms with van der Waals surface area (Å²) >= 11 is 0. The zero-order valence-corrected chi connectivity index (χ0v) is 15.9. The monoisotopic (exact) mass is 392 g/mol. The number of imidazole rings is 1.